The quantitative estimate of drug-likeness (QED) is 0.313. The van der Waals surface area contributed by atoms with Gasteiger partial charge in [-0.3, -0.25) is 4.79 Å². The molecule has 94 valence electrons. The lowest BCUT2D eigenvalue weighted by Gasteiger charge is -2.24. The zero-order chi connectivity index (χ0) is 13.1. The molecule has 8 heteroatoms. The Balaban J connectivity index is 2.78. The second-order valence-electron chi connectivity index (χ2n) is 3.69. The van der Waals surface area contributed by atoms with E-state index < -0.39 is 23.3 Å². The second-order valence-corrected chi connectivity index (χ2v) is 4.00. The van der Waals surface area contributed by atoms with E-state index in [0.717, 1.165) is 0 Å². The monoisotopic (exact) mass is 258 g/mol. The Labute approximate surface area is 103 Å². The zero-order valence-corrected chi connectivity index (χ0v) is 9.85. The minimum atomic E-state index is -2.05. The van der Waals surface area contributed by atoms with E-state index in [2.05, 4.69) is 22.6 Å². The SMILES string of the molecule is N[C@@H](Cc1cnc[nH]1)C(=O)[C@](N)(CS)C(=O)O. The van der Waals surface area contributed by atoms with Crippen molar-refractivity contribution in [3.05, 3.63) is 18.2 Å². The van der Waals surface area contributed by atoms with Gasteiger partial charge in [-0.25, -0.2) is 9.78 Å². The summed E-state index contributed by atoms with van der Waals surface area (Å²) < 4.78 is 0. The lowest BCUT2D eigenvalue weighted by Crippen LogP contribution is -2.62. The van der Waals surface area contributed by atoms with Crippen molar-refractivity contribution in [1.82, 2.24) is 9.97 Å². The van der Waals surface area contributed by atoms with E-state index in [1.807, 2.05) is 0 Å². The summed E-state index contributed by atoms with van der Waals surface area (Å²) in [5.74, 6) is -2.50. The Hall–Kier alpha value is -1.38. The van der Waals surface area contributed by atoms with Gasteiger partial charge >= 0.3 is 5.97 Å². The molecule has 1 heterocycles. The minimum absolute atomic E-state index is 0.152. The third-order valence-electron chi connectivity index (χ3n) is 2.40. The topological polar surface area (TPSA) is 135 Å². The van der Waals surface area contributed by atoms with Crippen molar-refractivity contribution < 1.29 is 14.7 Å². The summed E-state index contributed by atoms with van der Waals surface area (Å²) in [7, 11) is 0. The van der Waals surface area contributed by atoms with E-state index >= 15 is 0 Å². The summed E-state index contributed by atoms with van der Waals surface area (Å²) in [4.78, 5) is 29.3. The first-order valence-electron chi connectivity index (χ1n) is 4.82. The molecule has 0 spiro atoms. The lowest BCUT2D eigenvalue weighted by atomic mass is 9.90. The molecule has 0 unspecified atom stereocenters. The first-order valence-corrected chi connectivity index (χ1v) is 5.45. The second kappa shape index (κ2) is 5.30. The van der Waals surface area contributed by atoms with Crippen molar-refractivity contribution in [2.24, 2.45) is 11.5 Å². The van der Waals surface area contributed by atoms with Crippen molar-refractivity contribution in [3.8, 4) is 0 Å². The van der Waals surface area contributed by atoms with E-state index in [0.29, 0.717) is 5.69 Å². The number of rotatable bonds is 6. The molecule has 0 aromatic carbocycles. The fraction of sp³-hybridized carbons (Fsp3) is 0.444. The maximum absolute atomic E-state index is 11.8. The third-order valence-corrected chi connectivity index (χ3v) is 2.90. The summed E-state index contributed by atoms with van der Waals surface area (Å²) in [6.45, 7) is 0. The van der Waals surface area contributed by atoms with Crippen LogP contribution in [0.2, 0.25) is 0 Å². The summed E-state index contributed by atoms with van der Waals surface area (Å²) in [6.07, 6.45) is 3.10. The number of imidazole rings is 1. The van der Waals surface area contributed by atoms with Crippen LogP contribution in [-0.4, -0.2) is 44.2 Å². The Morgan fingerprint density at radius 2 is 2.29 bits per heavy atom. The number of thiol groups is 1. The van der Waals surface area contributed by atoms with Crippen molar-refractivity contribution in [2.45, 2.75) is 18.0 Å². The molecular formula is C9H14N4O3S. The van der Waals surface area contributed by atoms with Crippen LogP contribution in [-0.2, 0) is 16.0 Å². The van der Waals surface area contributed by atoms with Crippen LogP contribution in [0.3, 0.4) is 0 Å². The van der Waals surface area contributed by atoms with Gasteiger partial charge in [0.05, 0.1) is 12.4 Å². The molecule has 0 saturated carbocycles. The number of ketones is 1. The predicted molar refractivity (Wildman–Crippen MR) is 63.7 cm³/mol. The number of nitrogens with zero attached hydrogens (tertiary/aromatic N) is 1. The van der Waals surface area contributed by atoms with E-state index in [1.54, 1.807) is 0 Å². The lowest BCUT2D eigenvalue weighted by molar-refractivity contribution is -0.147. The van der Waals surface area contributed by atoms with Crippen LogP contribution < -0.4 is 11.5 Å². The normalized spacial score (nSPS) is 16.2. The number of nitrogens with one attached hydrogen (secondary N) is 1. The Kier molecular flexibility index (Phi) is 4.27. The molecule has 1 aromatic heterocycles. The van der Waals surface area contributed by atoms with Crippen molar-refractivity contribution >= 4 is 24.4 Å². The maximum Gasteiger partial charge on any atom is 0.332 e. The molecular weight excluding hydrogens is 244 g/mol. The summed E-state index contributed by atoms with van der Waals surface area (Å²) in [5, 5.41) is 8.91. The predicted octanol–water partition coefficient (Wildman–Crippen LogP) is -1.44. The minimum Gasteiger partial charge on any atom is -0.480 e. The number of nitrogens with two attached hydrogens (primary N) is 2. The van der Waals surface area contributed by atoms with Gasteiger partial charge < -0.3 is 21.6 Å². The molecule has 0 aliphatic rings. The van der Waals surface area contributed by atoms with Gasteiger partial charge in [-0.2, -0.15) is 12.6 Å². The van der Waals surface area contributed by atoms with Crippen molar-refractivity contribution in [2.75, 3.05) is 5.75 Å². The fourth-order valence-electron chi connectivity index (χ4n) is 1.31. The number of aromatic amines is 1. The molecule has 0 aliphatic carbocycles. The van der Waals surface area contributed by atoms with Gasteiger partial charge in [0, 0.05) is 24.1 Å². The van der Waals surface area contributed by atoms with Crippen LogP contribution in [0.4, 0.5) is 0 Å². The number of Topliss-reactive ketones (excluding diaryl/α,β-unsaturated/α-hetero) is 1. The highest BCUT2D eigenvalue weighted by Crippen LogP contribution is 2.10. The molecule has 7 nitrogen and oxygen atoms in total. The Bertz CT molecular complexity index is 408. The van der Waals surface area contributed by atoms with Crippen LogP contribution >= 0.6 is 12.6 Å². The Morgan fingerprint density at radius 1 is 1.65 bits per heavy atom. The van der Waals surface area contributed by atoms with E-state index in [-0.39, 0.29) is 12.2 Å². The summed E-state index contributed by atoms with van der Waals surface area (Å²) in [5.41, 5.74) is 9.70. The van der Waals surface area contributed by atoms with Crippen LogP contribution in [0, 0.1) is 0 Å². The van der Waals surface area contributed by atoms with Crippen molar-refractivity contribution in [1.29, 1.82) is 0 Å². The number of H-pyrrole nitrogens is 1. The van der Waals surface area contributed by atoms with Gasteiger partial charge in [-0.05, 0) is 0 Å². The number of carboxylic acid groups (broad SMARTS) is 1. The molecule has 1 aromatic rings. The average Bonchev–Trinajstić information content (AvgIpc) is 2.79. The van der Waals surface area contributed by atoms with Gasteiger partial charge in [-0.15, -0.1) is 0 Å². The summed E-state index contributed by atoms with van der Waals surface area (Å²) in [6, 6.07) is -1.01. The molecule has 0 saturated heterocycles. The molecule has 6 N–H and O–H groups in total. The number of aliphatic carboxylic acids is 1. The van der Waals surface area contributed by atoms with Gasteiger partial charge in [0.15, 0.2) is 11.3 Å². The highest BCUT2D eigenvalue weighted by atomic mass is 32.1. The first kappa shape index (κ1) is 13.7. The highest BCUT2D eigenvalue weighted by Gasteiger charge is 2.43. The summed E-state index contributed by atoms with van der Waals surface area (Å²) >= 11 is 3.79. The molecule has 1 rings (SSSR count). The van der Waals surface area contributed by atoms with Gasteiger partial charge in [0.1, 0.15) is 0 Å². The molecule has 0 amide bonds. The molecule has 2 atom stereocenters. The zero-order valence-electron chi connectivity index (χ0n) is 8.96. The molecule has 0 bridgehead atoms. The van der Waals surface area contributed by atoms with E-state index in [1.165, 1.54) is 12.5 Å². The number of carbonyl (C=O) groups is 2. The van der Waals surface area contributed by atoms with Crippen LogP contribution in [0.15, 0.2) is 12.5 Å². The smallest absolute Gasteiger partial charge is 0.332 e. The maximum atomic E-state index is 11.8. The number of carboxylic acids is 1. The molecule has 0 aliphatic heterocycles. The number of aromatic nitrogens is 2. The van der Waals surface area contributed by atoms with Gasteiger partial charge in [0.25, 0.3) is 0 Å². The fourth-order valence-corrected chi connectivity index (χ4v) is 1.60. The van der Waals surface area contributed by atoms with Crippen LogP contribution in [0.1, 0.15) is 5.69 Å². The van der Waals surface area contributed by atoms with E-state index in [9.17, 15) is 9.59 Å². The van der Waals surface area contributed by atoms with Crippen LogP contribution in [0.25, 0.3) is 0 Å². The van der Waals surface area contributed by atoms with Gasteiger partial charge in [0.2, 0.25) is 0 Å². The van der Waals surface area contributed by atoms with Gasteiger partial charge in [-0.1, -0.05) is 0 Å². The molecule has 17 heavy (non-hydrogen) atoms. The standard InChI is InChI=1S/C9H14N4O3S/c10-6(1-5-2-12-4-13-5)7(14)9(11,3-17)8(15)16/h2,4,6,17H,1,3,10-11H2,(H,12,13)(H,15,16)/t6-,9+/m0/s1. The average molecular weight is 258 g/mol. The van der Waals surface area contributed by atoms with E-state index in [4.69, 9.17) is 16.6 Å². The largest absolute Gasteiger partial charge is 0.480 e. The molecule has 0 fully saturated rings. The third kappa shape index (κ3) is 2.84. The Morgan fingerprint density at radius 3 is 2.71 bits per heavy atom. The van der Waals surface area contributed by atoms with Crippen LogP contribution in [0.5, 0.6) is 0 Å². The number of hydrogen-bond donors (Lipinski definition) is 5. The molecule has 0 radical (unpaired) electrons. The first-order chi connectivity index (χ1) is 7.91. The highest BCUT2D eigenvalue weighted by molar-refractivity contribution is 7.80. The number of hydrogen-bond acceptors (Lipinski definition) is 6. The van der Waals surface area contributed by atoms with Crippen molar-refractivity contribution in [3.63, 3.8) is 0 Å². The number of carbonyl (C=O) groups excluding carboxylic acids is 1.